The molecule has 0 saturated carbocycles. The summed E-state index contributed by atoms with van der Waals surface area (Å²) in [6.07, 6.45) is 4.76. The summed E-state index contributed by atoms with van der Waals surface area (Å²) in [6.45, 7) is 1.90. The van der Waals surface area contributed by atoms with Crippen LogP contribution in [0.2, 0.25) is 0 Å². The van der Waals surface area contributed by atoms with Gasteiger partial charge in [-0.05, 0) is 13.3 Å². The van der Waals surface area contributed by atoms with E-state index in [1.165, 1.54) is 7.11 Å². The van der Waals surface area contributed by atoms with Crippen molar-refractivity contribution in [2.24, 2.45) is 5.41 Å². The first-order chi connectivity index (χ1) is 5.66. The normalized spacial score (nSPS) is 43.5. The number of ether oxygens (including phenoxy) is 2. The van der Waals surface area contributed by atoms with Crippen LogP contribution in [0.3, 0.4) is 0 Å². The summed E-state index contributed by atoms with van der Waals surface area (Å²) in [4.78, 5) is 11.4. The largest absolute Gasteiger partial charge is 0.469 e. The average molecular weight is 168 g/mol. The van der Waals surface area contributed by atoms with E-state index in [1.807, 2.05) is 19.1 Å². The molecule has 2 aliphatic heterocycles. The minimum atomic E-state index is -0.450. The minimum Gasteiger partial charge on any atom is -0.469 e. The number of esters is 1. The molecule has 1 saturated heterocycles. The van der Waals surface area contributed by atoms with E-state index >= 15 is 0 Å². The predicted octanol–water partition coefficient (Wildman–Crippen LogP) is 0.893. The highest BCUT2D eigenvalue weighted by atomic mass is 16.5. The summed E-state index contributed by atoms with van der Waals surface area (Å²) in [7, 11) is 1.42. The zero-order valence-electron chi connectivity index (χ0n) is 7.24. The number of carbonyl (C=O) groups is 1. The van der Waals surface area contributed by atoms with Crippen LogP contribution in [0.5, 0.6) is 0 Å². The Morgan fingerprint density at radius 3 is 2.83 bits per heavy atom. The lowest BCUT2D eigenvalue weighted by atomic mass is 9.79. The molecule has 0 aromatic rings. The fourth-order valence-electron chi connectivity index (χ4n) is 1.95. The number of hydrogen-bond acceptors (Lipinski definition) is 3. The molecule has 0 unspecified atom stereocenters. The molecule has 2 rings (SSSR count). The molecule has 3 heteroatoms. The molecular weight excluding hydrogens is 156 g/mol. The molecule has 0 aliphatic carbocycles. The Labute approximate surface area is 71.3 Å². The van der Waals surface area contributed by atoms with Crippen LogP contribution >= 0.6 is 0 Å². The quantitative estimate of drug-likeness (QED) is 0.431. The second kappa shape index (κ2) is 2.33. The standard InChI is InChI=1S/C9H12O3/c1-9(8(10)11-2)5-6-3-4-7(9)12-6/h3-4,6-7H,5H2,1-2H3/t6-,7+,9+/m1/s1. The van der Waals surface area contributed by atoms with E-state index in [4.69, 9.17) is 9.47 Å². The third-order valence-corrected chi connectivity index (χ3v) is 2.73. The number of fused-ring (bicyclic) bond motifs is 2. The molecule has 0 N–H and O–H groups in total. The summed E-state index contributed by atoms with van der Waals surface area (Å²) in [5.41, 5.74) is -0.450. The fourth-order valence-corrected chi connectivity index (χ4v) is 1.95. The van der Waals surface area contributed by atoms with Gasteiger partial charge in [-0.15, -0.1) is 0 Å². The molecule has 0 spiro atoms. The van der Waals surface area contributed by atoms with Crippen molar-refractivity contribution in [2.75, 3.05) is 7.11 Å². The number of hydrogen-bond donors (Lipinski definition) is 0. The summed E-state index contributed by atoms with van der Waals surface area (Å²) >= 11 is 0. The lowest BCUT2D eigenvalue weighted by Crippen LogP contribution is -2.36. The van der Waals surface area contributed by atoms with Crippen molar-refractivity contribution >= 4 is 5.97 Å². The lowest BCUT2D eigenvalue weighted by Gasteiger charge is -2.25. The fraction of sp³-hybridized carbons (Fsp3) is 0.667. The number of methoxy groups -OCH3 is 1. The first-order valence-electron chi connectivity index (χ1n) is 4.09. The van der Waals surface area contributed by atoms with E-state index in [-0.39, 0.29) is 18.2 Å². The highest BCUT2D eigenvalue weighted by Crippen LogP contribution is 2.44. The van der Waals surface area contributed by atoms with Crippen molar-refractivity contribution in [1.82, 2.24) is 0 Å². The second-order valence-electron chi connectivity index (χ2n) is 3.59. The molecule has 3 nitrogen and oxygen atoms in total. The second-order valence-corrected chi connectivity index (χ2v) is 3.59. The molecule has 0 aromatic carbocycles. The molecule has 0 amide bonds. The molecule has 1 fully saturated rings. The van der Waals surface area contributed by atoms with E-state index < -0.39 is 5.41 Å². The third kappa shape index (κ3) is 0.829. The highest BCUT2D eigenvalue weighted by molar-refractivity contribution is 5.78. The monoisotopic (exact) mass is 168 g/mol. The number of carbonyl (C=O) groups excluding carboxylic acids is 1. The summed E-state index contributed by atoms with van der Waals surface area (Å²) in [5, 5.41) is 0. The van der Waals surface area contributed by atoms with E-state index in [9.17, 15) is 4.79 Å². The van der Waals surface area contributed by atoms with Crippen molar-refractivity contribution in [3.8, 4) is 0 Å². The van der Waals surface area contributed by atoms with Crippen LogP contribution < -0.4 is 0 Å². The Kier molecular flexibility index (Phi) is 1.51. The van der Waals surface area contributed by atoms with Gasteiger partial charge in [-0.25, -0.2) is 0 Å². The smallest absolute Gasteiger partial charge is 0.314 e. The Morgan fingerprint density at radius 2 is 2.42 bits per heavy atom. The van der Waals surface area contributed by atoms with Gasteiger partial charge in [0.1, 0.15) is 0 Å². The maximum Gasteiger partial charge on any atom is 0.314 e. The topological polar surface area (TPSA) is 35.5 Å². The maximum absolute atomic E-state index is 11.4. The van der Waals surface area contributed by atoms with Gasteiger partial charge in [-0.3, -0.25) is 4.79 Å². The number of rotatable bonds is 1. The zero-order chi connectivity index (χ0) is 8.77. The van der Waals surface area contributed by atoms with Gasteiger partial charge >= 0.3 is 5.97 Å². The van der Waals surface area contributed by atoms with Gasteiger partial charge in [0.15, 0.2) is 0 Å². The van der Waals surface area contributed by atoms with Crippen LogP contribution in [0.4, 0.5) is 0 Å². The Bertz CT molecular complexity index is 246. The average Bonchev–Trinajstić information content (AvgIpc) is 2.62. The summed E-state index contributed by atoms with van der Waals surface area (Å²) in [5.74, 6) is -0.167. The molecule has 0 aromatic heterocycles. The van der Waals surface area contributed by atoms with E-state index in [1.54, 1.807) is 0 Å². The molecule has 2 aliphatic rings. The Morgan fingerprint density at radius 1 is 1.67 bits per heavy atom. The van der Waals surface area contributed by atoms with Crippen LogP contribution in [-0.4, -0.2) is 25.3 Å². The van der Waals surface area contributed by atoms with Crippen LogP contribution in [0.25, 0.3) is 0 Å². The van der Waals surface area contributed by atoms with E-state index in [0.29, 0.717) is 0 Å². The molecule has 2 bridgehead atoms. The minimum absolute atomic E-state index is 0.0741. The van der Waals surface area contributed by atoms with Crippen LogP contribution in [0, 0.1) is 5.41 Å². The van der Waals surface area contributed by atoms with Crippen molar-refractivity contribution in [1.29, 1.82) is 0 Å². The van der Waals surface area contributed by atoms with Gasteiger partial charge in [0, 0.05) is 0 Å². The first kappa shape index (κ1) is 7.80. The van der Waals surface area contributed by atoms with E-state index in [0.717, 1.165) is 6.42 Å². The van der Waals surface area contributed by atoms with Crippen molar-refractivity contribution < 1.29 is 14.3 Å². The van der Waals surface area contributed by atoms with Gasteiger partial charge in [0.2, 0.25) is 0 Å². The molecule has 0 radical (unpaired) electrons. The predicted molar refractivity (Wildman–Crippen MR) is 42.5 cm³/mol. The van der Waals surface area contributed by atoms with Crippen molar-refractivity contribution in [3.05, 3.63) is 12.2 Å². The first-order valence-corrected chi connectivity index (χ1v) is 4.09. The third-order valence-electron chi connectivity index (χ3n) is 2.73. The van der Waals surface area contributed by atoms with Gasteiger partial charge in [0.05, 0.1) is 24.7 Å². The molecule has 12 heavy (non-hydrogen) atoms. The summed E-state index contributed by atoms with van der Waals surface area (Å²) in [6, 6.07) is 0. The van der Waals surface area contributed by atoms with E-state index in [2.05, 4.69) is 0 Å². The Balaban J connectivity index is 2.23. The van der Waals surface area contributed by atoms with Gasteiger partial charge in [-0.2, -0.15) is 0 Å². The van der Waals surface area contributed by atoms with Gasteiger partial charge < -0.3 is 9.47 Å². The lowest BCUT2D eigenvalue weighted by molar-refractivity contribution is -0.153. The van der Waals surface area contributed by atoms with Crippen molar-refractivity contribution in [2.45, 2.75) is 25.6 Å². The summed E-state index contributed by atoms with van der Waals surface area (Å²) < 4.78 is 10.2. The maximum atomic E-state index is 11.4. The van der Waals surface area contributed by atoms with Crippen LogP contribution in [-0.2, 0) is 14.3 Å². The highest BCUT2D eigenvalue weighted by Gasteiger charge is 2.52. The van der Waals surface area contributed by atoms with Crippen LogP contribution in [0.1, 0.15) is 13.3 Å². The molecular formula is C9H12O3. The molecule has 3 atom stereocenters. The SMILES string of the molecule is COC(=O)[C@@]1(C)C[C@H]2C=C[C@@H]1O2. The van der Waals surface area contributed by atoms with Gasteiger partial charge in [-0.1, -0.05) is 12.2 Å². The van der Waals surface area contributed by atoms with Crippen LogP contribution in [0.15, 0.2) is 12.2 Å². The zero-order valence-corrected chi connectivity index (χ0v) is 7.24. The van der Waals surface area contributed by atoms with Crippen molar-refractivity contribution in [3.63, 3.8) is 0 Å². The molecule has 66 valence electrons. The Hall–Kier alpha value is -0.830. The van der Waals surface area contributed by atoms with Gasteiger partial charge in [0.25, 0.3) is 0 Å². The molecule has 2 heterocycles.